The number of carbonyl (C=O) groups excluding carboxylic acids is 2. The number of hydrogen-bond donors (Lipinski definition) is 0. The minimum absolute atomic E-state index is 0.107. The summed E-state index contributed by atoms with van der Waals surface area (Å²) in [4.78, 5) is 30.2. The molecule has 2 aliphatic rings. The highest BCUT2D eigenvalue weighted by molar-refractivity contribution is 7.12. The van der Waals surface area contributed by atoms with Crippen molar-refractivity contribution in [1.82, 2.24) is 9.80 Å². The van der Waals surface area contributed by atoms with E-state index in [4.69, 9.17) is 0 Å². The van der Waals surface area contributed by atoms with Gasteiger partial charge in [-0.05, 0) is 35.8 Å². The fraction of sp³-hybridized carbons (Fsp3) is 0.400. The van der Waals surface area contributed by atoms with Crippen molar-refractivity contribution < 1.29 is 9.59 Å². The summed E-state index contributed by atoms with van der Waals surface area (Å²) in [5.74, 6) is 0.719. The Bertz CT molecular complexity index is 744. The Labute approximate surface area is 152 Å². The van der Waals surface area contributed by atoms with E-state index in [0.717, 1.165) is 29.8 Å². The molecule has 4 rings (SSSR count). The summed E-state index contributed by atoms with van der Waals surface area (Å²) in [5, 5.41) is 1.94. The Kier molecular flexibility index (Phi) is 4.57. The molecule has 0 saturated carbocycles. The Morgan fingerprint density at radius 1 is 1.12 bits per heavy atom. The molecule has 0 spiro atoms. The highest BCUT2D eigenvalue weighted by Gasteiger charge is 2.42. The second kappa shape index (κ2) is 7.00. The third kappa shape index (κ3) is 3.33. The second-order valence-electron chi connectivity index (χ2n) is 6.91. The van der Waals surface area contributed by atoms with Crippen molar-refractivity contribution in [2.75, 3.05) is 13.1 Å². The summed E-state index contributed by atoms with van der Waals surface area (Å²) in [6.07, 6.45) is 2.57. The summed E-state index contributed by atoms with van der Waals surface area (Å²) in [6, 6.07) is 14.1. The molecule has 0 aliphatic carbocycles. The zero-order valence-electron chi connectivity index (χ0n) is 14.1. The van der Waals surface area contributed by atoms with Gasteiger partial charge in [-0.2, -0.15) is 0 Å². The first-order chi connectivity index (χ1) is 12.2. The molecule has 0 radical (unpaired) electrons. The lowest BCUT2D eigenvalue weighted by molar-refractivity contribution is -0.133. The summed E-state index contributed by atoms with van der Waals surface area (Å²) < 4.78 is 0. The Balaban J connectivity index is 1.55. The normalized spacial score (nSPS) is 23.4. The van der Waals surface area contributed by atoms with Crippen LogP contribution >= 0.6 is 11.3 Å². The summed E-state index contributed by atoms with van der Waals surface area (Å²) >= 11 is 1.49. The largest absolute Gasteiger partial charge is 0.336 e. The monoisotopic (exact) mass is 354 g/mol. The van der Waals surface area contributed by atoms with Crippen LogP contribution in [0.15, 0.2) is 47.8 Å². The van der Waals surface area contributed by atoms with Crippen molar-refractivity contribution in [2.45, 2.75) is 31.8 Å². The highest BCUT2D eigenvalue weighted by atomic mass is 32.1. The standard InChI is InChI=1S/C20H22N2O2S/c23-19-10-4-8-16-13-21(20(24)18-9-5-11-25-18)14-17(16)22(19)12-15-6-2-1-3-7-15/h1-3,5-7,9,11,16-17H,4,8,10,12-14H2/t16-,17+/m1/s1. The molecule has 2 saturated heterocycles. The Morgan fingerprint density at radius 3 is 2.72 bits per heavy atom. The smallest absolute Gasteiger partial charge is 0.263 e. The van der Waals surface area contributed by atoms with Gasteiger partial charge < -0.3 is 9.80 Å². The number of amides is 2. The lowest BCUT2D eigenvalue weighted by Crippen LogP contribution is -2.43. The fourth-order valence-corrected chi connectivity index (χ4v) is 4.73. The first kappa shape index (κ1) is 16.3. The average Bonchev–Trinajstić information content (AvgIpc) is 3.28. The summed E-state index contributed by atoms with van der Waals surface area (Å²) in [6.45, 7) is 2.06. The lowest BCUT2D eigenvalue weighted by Gasteiger charge is -2.30. The second-order valence-corrected chi connectivity index (χ2v) is 7.86. The molecule has 5 heteroatoms. The van der Waals surface area contributed by atoms with E-state index in [1.807, 2.05) is 45.5 Å². The van der Waals surface area contributed by atoms with Gasteiger partial charge in [0, 0.05) is 26.1 Å². The van der Waals surface area contributed by atoms with Gasteiger partial charge in [-0.3, -0.25) is 9.59 Å². The minimum atomic E-state index is 0.107. The van der Waals surface area contributed by atoms with Crippen LogP contribution in [0.2, 0.25) is 0 Å². The number of thiophene rings is 1. The van der Waals surface area contributed by atoms with Gasteiger partial charge >= 0.3 is 0 Å². The van der Waals surface area contributed by atoms with E-state index in [0.29, 0.717) is 25.4 Å². The molecule has 2 aromatic rings. The van der Waals surface area contributed by atoms with Crippen LogP contribution < -0.4 is 0 Å². The Hall–Kier alpha value is -2.14. The fourth-order valence-electron chi connectivity index (χ4n) is 4.04. The summed E-state index contributed by atoms with van der Waals surface area (Å²) in [5.41, 5.74) is 1.15. The van der Waals surface area contributed by atoms with Gasteiger partial charge in [0.15, 0.2) is 0 Å². The lowest BCUT2D eigenvalue weighted by atomic mass is 9.98. The number of rotatable bonds is 3. The van der Waals surface area contributed by atoms with Gasteiger partial charge in [-0.1, -0.05) is 36.4 Å². The van der Waals surface area contributed by atoms with Crippen LogP contribution in [0, 0.1) is 5.92 Å². The van der Waals surface area contributed by atoms with E-state index in [-0.39, 0.29) is 17.9 Å². The van der Waals surface area contributed by atoms with Crippen LogP contribution in [-0.4, -0.2) is 40.7 Å². The van der Waals surface area contributed by atoms with Crippen molar-refractivity contribution in [1.29, 1.82) is 0 Å². The number of hydrogen-bond acceptors (Lipinski definition) is 3. The molecule has 25 heavy (non-hydrogen) atoms. The molecule has 1 aromatic carbocycles. The van der Waals surface area contributed by atoms with Gasteiger partial charge in [0.05, 0.1) is 10.9 Å². The van der Waals surface area contributed by atoms with Crippen LogP contribution in [0.25, 0.3) is 0 Å². The van der Waals surface area contributed by atoms with Gasteiger partial charge in [-0.25, -0.2) is 0 Å². The van der Waals surface area contributed by atoms with Crippen molar-refractivity contribution in [2.24, 2.45) is 5.92 Å². The van der Waals surface area contributed by atoms with Crippen molar-refractivity contribution in [3.05, 3.63) is 58.3 Å². The molecule has 0 N–H and O–H groups in total. The van der Waals surface area contributed by atoms with Crippen molar-refractivity contribution >= 4 is 23.2 Å². The quantitative estimate of drug-likeness (QED) is 0.848. The molecule has 2 amide bonds. The van der Waals surface area contributed by atoms with E-state index < -0.39 is 0 Å². The van der Waals surface area contributed by atoms with Crippen molar-refractivity contribution in [3.63, 3.8) is 0 Å². The maximum atomic E-state index is 12.7. The maximum Gasteiger partial charge on any atom is 0.263 e. The third-order valence-corrected chi connectivity index (χ3v) is 6.17. The maximum absolute atomic E-state index is 12.7. The topological polar surface area (TPSA) is 40.6 Å². The first-order valence-electron chi connectivity index (χ1n) is 8.88. The molecule has 0 unspecified atom stereocenters. The van der Waals surface area contributed by atoms with E-state index in [2.05, 4.69) is 12.1 Å². The van der Waals surface area contributed by atoms with E-state index in [9.17, 15) is 9.59 Å². The van der Waals surface area contributed by atoms with Gasteiger partial charge in [0.1, 0.15) is 0 Å². The predicted molar refractivity (Wildman–Crippen MR) is 98.3 cm³/mol. The number of nitrogens with zero attached hydrogens (tertiary/aromatic N) is 2. The van der Waals surface area contributed by atoms with Crippen LogP contribution in [0.1, 0.15) is 34.5 Å². The average molecular weight is 354 g/mol. The molecule has 1 aromatic heterocycles. The zero-order chi connectivity index (χ0) is 17.2. The van der Waals surface area contributed by atoms with Crippen LogP contribution in [0.3, 0.4) is 0 Å². The first-order valence-corrected chi connectivity index (χ1v) is 9.76. The molecular formula is C20H22N2O2S. The van der Waals surface area contributed by atoms with Crippen LogP contribution in [0.4, 0.5) is 0 Å². The number of likely N-dealkylation sites (tertiary alicyclic amines) is 2. The predicted octanol–water partition coefficient (Wildman–Crippen LogP) is 3.40. The highest BCUT2D eigenvalue weighted by Crippen LogP contribution is 2.32. The van der Waals surface area contributed by atoms with Gasteiger partial charge in [0.25, 0.3) is 5.91 Å². The molecule has 130 valence electrons. The van der Waals surface area contributed by atoms with Crippen LogP contribution in [0.5, 0.6) is 0 Å². The molecule has 4 nitrogen and oxygen atoms in total. The summed E-state index contributed by atoms with van der Waals surface area (Å²) in [7, 11) is 0. The van der Waals surface area contributed by atoms with Gasteiger partial charge in [0.2, 0.25) is 5.91 Å². The van der Waals surface area contributed by atoms with Crippen LogP contribution in [-0.2, 0) is 11.3 Å². The van der Waals surface area contributed by atoms with E-state index in [1.165, 1.54) is 11.3 Å². The SMILES string of the molecule is O=C(c1cccs1)N1C[C@H]2CCCC(=O)N(Cc3ccccc3)[C@H]2C1. The van der Waals surface area contributed by atoms with E-state index >= 15 is 0 Å². The molecule has 0 bridgehead atoms. The van der Waals surface area contributed by atoms with Gasteiger partial charge in [-0.15, -0.1) is 11.3 Å². The zero-order valence-corrected chi connectivity index (χ0v) is 15.0. The molecule has 2 aliphatic heterocycles. The molecule has 2 atom stereocenters. The number of fused-ring (bicyclic) bond motifs is 1. The molecular weight excluding hydrogens is 332 g/mol. The minimum Gasteiger partial charge on any atom is -0.336 e. The Morgan fingerprint density at radius 2 is 1.96 bits per heavy atom. The number of carbonyl (C=O) groups is 2. The third-order valence-electron chi connectivity index (χ3n) is 5.31. The molecule has 3 heterocycles. The van der Waals surface area contributed by atoms with E-state index in [1.54, 1.807) is 0 Å². The molecule has 2 fully saturated rings. The number of benzene rings is 1. The van der Waals surface area contributed by atoms with Crippen molar-refractivity contribution in [3.8, 4) is 0 Å².